The molecule has 0 N–H and O–H groups in total. The number of ether oxygens (including phenoxy) is 10. The standard InChI is InChI=1S/C47H80O16S2/c1-33-14-18-46(19-15-33)64(48,49)62-32-44(12)60-30-42(10)58-28-40(8)56-26-38(6)54-24-36(4)52-22-35(3)53-23-37(5)55-25-39(7)57-27-41(9)59-29-43(11)61-31-45(13)63-65(50,51)47-20-16-34(2)17-21-47/h14-21,35-45H,22-32H2,1-13H3. The maximum absolute atomic E-state index is 12.5. The van der Waals surface area contributed by atoms with E-state index in [2.05, 4.69) is 0 Å². The van der Waals surface area contributed by atoms with Crippen molar-refractivity contribution in [3.8, 4) is 0 Å². The summed E-state index contributed by atoms with van der Waals surface area (Å²) in [5, 5.41) is 0. The smallest absolute Gasteiger partial charge is 0.297 e. The molecular weight excluding hydrogens is 885 g/mol. The van der Waals surface area contributed by atoms with Crippen LogP contribution in [-0.2, 0) is 76.0 Å². The Morgan fingerprint density at radius 2 is 0.508 bits per heavy atom. The first-order chi connectivity index (χ1) is 30.5. The average Bonchev–Trinajstić information content (AvgIpc) is 3.26. The lowest BCUT2D eigenvalue weighted by Crippen LogP contribution is -2.31. The van der Waals surface area contributed by atoms with Crippen LogP contribution in [0.5, 0.6) is 0 Å². The molecule has 0 bridgehead atoms. The van der Waals surface area contributed by atoms with Gasteiger partial charge in [-0.3, -0.25) is 8.37 Å². The van der Waals surface area contributed by atoms with Crippen molar-refractivity contribution in [2.24, 2.45) is 0 Å². The molecule has 18 heteroatoms. The fraction of sp³-hybridized carbons (Fsp3) is 0.745. The Bertz CT molecular complexity index is 1760. The molecule has 0 radical (unpaired) electrons. The SMILES string of the molecule is Cc1ccc(S(=O)(=O)OCC(C)OCC(C)OCC(C)OCC(C)OCC(C)OCC(C)OCC(C)OCC(C)OCC(C)OCC(C)OCC(C)OS(=O)(=O)c2ccc(C)cc2)cc1. The molecule has 0 spiro atoms. The number of rotatable bonds is 37. The van der Waals surface area contributed by atoms with E-state index in [4.69, 9.17) is 55.7 Å². The van der Waals surface area contributed by atoms with Crippen LogP contribution in [0.25, 0.3) is 0 Å². The molecule has 0 aromatic heterocycles. The van der Waals surface area contributed by atoms with Gasteiger partial charge in [-0.05, 0) is 114 Å². The molecule has 11 unspecified atom stereocenters. The van der Waals surface area contributed by atoms with E-state index >= 15 is 0 Å². The molecule has 0 saturated carbocycles. The highest BCUT2D eigenvalue weighted by Crippen LogP contribution is 2.17. The number of hydrogen-bond acceptors (Lipinski definition) is 16. The molecule has 0 saturated heterocycles. The van der Waals surface area contributed by atoms with Crippen LogP contribution < -0.4 is 0 Å². The zero-order chi connectivity index (χ0) is 48.6. The zero-order valence-corrected chi connectivity index (χ0v) is 42.7. The summed E-state index contributed by atoms with van der Waals surface area (Å²) < 4.78 is 119. The monoisotopic (exact) mass is 964 g/mol. The van der Waals surface area contributed by atoms with Gasteiger partial charge in [-0.2, -0.15) is 16.8 Å². The third-order valence-electron chi connectivity index (χ3n) is 9.52. The van der Waals surface area contributed by atoms with E-state index < -0.39 is 32.4 Å². The predicted octanol–water partition coefficient (Wildman–Crippen LogP) is 6.85. The summed E-state index contributed by atoms with van der Waals surface area (Å²) in [7, 11) is -7.73. The zero-order valence-electron chi connectivity index (χ0n) is 41.1. The second-order valence-corrected chi connectivity index (χ2v) is 20.4. The van der Waals surface area contributed by atoms with Gasteiger partial charge in [0.25, 0.3) is 20.2 Å². The van der Waals surface area contributed by atoms with Crippen LogP contribution in [-0.4, -0.2) is 157 Å². The van der Waals surface area contributed by atoms with Crippen LogP contribution in [0.3, 0.4) is 0 Å². The Hall–Kier alpha value is -2.14. The maximum atomic E-state index is 12.5. The first-order valence-corrected chi connectivity index (χ1v) is 25.5. The summed E-state index contributed by atoms with van der Waals surface area (Å²) in [5.41, 5.74) is 1.93. The highest BCUT2D eigenvalue weighted by atomic mass is 32.2. The van der Waals surface area contributed by atoms with Gasteiger partial charge in [0.15, 0.2) is 0 Å². The van der Waals surface area contributed by atoms with Gasteiger partial charge in [-0.25, -0.2) is 0 Å². The third-order valence-corrected chi connectivity index (χ3v) is 12.2. The van der Waals surface area contributed by atoms with E-state index in [0.717, 1.165) is 11.1 Å². The summed E-state index contributed by atoms with van der Waals surface area (Å²) in [4.78, 5) is 0.225. The molecule has 0 heterocycles. The van der Waals surface area contributed by atoms with Crippen molar-refractivity contribution >= 4 is 20.2 Å². The minimum atomic E-state index is -3.88. The van der Waals surface area contributed by atoms with Crippen molar-refractivity contribution < 1.29 is 72.6 Å². The maximum Gasteiger partial charge on any atom is 0.297 e. The van der Waals surface area contributed by atoms with Crippen LogP contribution in [0, 0.1) is 13.8 Å². The van der Waals surface area contributed by atoms with Crippen molar-refractivity contribution in [2.45, 2.75) is 167 Å². The van der Waals surface area contributed by atoms with Gasteiger partial charge in [-0.15, -0.1) is 0 Å². The van der Waals surface area contributed by atoms with Crippen LogP contribution in [0.15, 0.2) is 58.3 Å². The molecule has 0 fully saturated rings. The Morgan fingerprint density at radius 1 is 0.308 bits per heavy atom. The van der Waals surface area contributed by atoms with Gasteiger partial charge in [0.05, 0.1) is 150 Å². The predicted molar refractivity (Wildman–Crippen MR) is 247 cm³/mol. The summed E-state index contributed by atoms with van der Waals surface area (Å²) in [6.45, 7) is 27.8. The second kappa shape index (κ2) is 31.1. The van der Waals surface area contributed by atoms with Gasteiger partial charge in [0, 0.05) is 0 Å². The summed E-state index contributed by atoms with van der Waals surface area (Å²) in [6.07, 6.45) is -2.72. The van der Waals surface area contributed by atoms with E-state index in [1.54, 1.807) is 38.1 Å². The molecular formula is C47H80O16S2. The minimum Gasteiger partial charge on any atom is -0.373 e. The fourth-order valence-electron chi connectivity index (χ4n) is 5.44. The molecule has 0 aliphatic rings. The van der Waals surface area contributed by atoms with E-state index in [1.807, 2.05) is 76.2 Å². The lowest BCUT2D eigenvalue weighted by Gasteiger charge is -2.23. The Kier molecular flexibility index (Phi) is 28.2. The molecule has 0 amide bonds. The Labute approximate surface area is 390 Å². The van der Waals surface area contributed by atoms with E-state index in [-0.39, 0.29) is 84.5 Å². The van der Waals surface area contributed by atoms with E-state index in [0.29, 0.717) is 52.9 Å². The van der Waals surface area contributed by atoms with Crippen molar-refractivity contribution in [3.05, 3.63) is 59.7 Å². The third kappa shape index (κ3) is 26.8. The van der Waals surface area contributed by atoms with Crippen LogP contribution in [0.4, 0.5) is 0 Å². The van der Waals surface area contributed by atoms with Gasteiger partial charge < -0.3 is 47.4 Å². The average molecular weight is 965 g/mol. The minimum absolute atomic E-state index is 0.0975. The number of benzene rings is 2. The van der Waals surface area contributed by atoms with E-state index in [9.17, 15) is 16.8 Å². The van der Waals surface area contributed by atoms with Crippen molar-refractivity contribution in [3.63, 3.8) is 0 Å². The van der Waals surface area contributed by atoms with Gasteiger partial charge in [0.1, 0.15) is 0 Å². The van der Waals surface area contributed by atoms with Crippen LogP contribution >= 0.6 is 0 Å². The summed E-state index contributed by atoms with van der Waals surface area (Å²) in [5.74, 6) is 0. The van der Waals surface area contributed by atoms with Gasteiger partial charge in [-0.1, -0.05) is 35.4 Å². The highest BCUT2D eigenvalue weighted by molar-refractivity contribution is 7.87. The Morgan fingerprint density at radius 3 is 0.754 bits per heavy atom. The number of hydrogen-bond donors (Lipinski definition) is 0. The van der Waals surface area contributed by atoms with E-state index in [1.165, 1.54) is 24.3 Å². The van der Waals surface area contributed by atoms with Crippen LogP contribution in [0.1, 0.15) is 87.3 Å². The van der Waals surface area contributed by atoms with Crippen LogP contribution in [0.2, 0.25) is 0 Å². The highest BCUT2D eigenvalue weighted by Gasteiger charge is 2.21. The molecule has 0 aliphatic carbocycles. The summed E-state index contributed by atoms with van der Waals surface area (Å²) >= 11 is 0. The normalized spacial score (nSPS) is 17.7. The van der Waals surface area contributed by atoms with Gasteiger partial charge >= 0.3 is 0 Å². The largest absolute Gasteiger partial charge is 0.373 e. The molecule has 2 aromatic rings. The fourth-order valence-corrected chi connectivity index (χ4v) is 7.49. The Balaban J connectivity index is 1.47. The molecule has 65 heavy (non-hydrogen) atoms. The number of aryl methyl sites for hydroxylation is 2. The molecule has 2 rings (SSSR count). The first kappa shape index (κ1) is 59.0. The molecule has 0 aliphatic heterocycles. The molecule has 16 nitrogen and oxygen atoms in total. The quantitative estimate of drug-likeness (QED) is 0.0641. The lowest BCUT2D eigenvalue weighted by atomic mass is 10.2. The van der Waals surface area contributed by atoms with Crippen molar-refractivity contribution in [1.29, 1.82) is 0 Å². The van der Waals surface area contributed by atoms with Crippen molar-refractivity contribution in [2.75, 3.05) is 72.7 Å². The topological polar surface area (TPSA) is 179 Å². The van der Waals surface area contributed by atoms with Crippen molar-refractivity contribution in [1.82, 2.24) is 0 Å². The second-order valence-electron chi connectivity index (χ2n) is 17.2. The lowest BCUT2D eigenvalue weighted by molar-refractivity contribution is -0.112. The molecule has 2 aromatic carbocycles. The summed E-state index contributed by atoms with van der Waals surface area (Å²) in [6, 6.07) is 13.0. The molecule has 376 valence electrons. The molecule has 11 atom stereocenters. The van der Waals surface area contributed by atoms with Gasteiger partial charge in [0.2, 0.25) is 0 Å². The first-order valence-electron chi connectivity index (χ1n) is 22.7.